The molecule has 0 saturated heterocycles. The second-order valence-corrected chi connectivity index (χ2v) is 5.73. The molecule has 0 unspecified atom stereocenters. The lowest BCUT2D eigenvalue weighted by Gasteiger charge is -2.26. The van der Waals surface area contributed by atoms with Gasteiger partial charge in [-0.2, -0.15) is 10.5 Å². The average molecular weight is 371 g/mol. The third kappa shape index (κ3) is 3.44. The van der Waals surface area contributed by atoms with Crippen molar-refractivity contribution in [2.75, 3.05) is 10.6 Å². The largest absolute Gasteiger partial charge is 0.361 e. The lowest BCUT2D eigenvalue weighted by Crippen LogP contribution is -2.23. The third-order valence-corrected chi connectivity index (χ3v) is 4.14. The Morgan fingerprint density at radius 3 is 2.39 bits per heavy atom. The van der Waals surface area contributed by atoms with Gasteiger partial charge in [-0.25, -0.2) is 0 Å². The molecule has 2 N–H and O–H groups in total. The van der Waals surface area contributed by atoms with E-state index in [0.717, 1.165) is 17.0 Å². The van der Waals surface area contributed by atoms with Crippen molar-refractivity contribution < 1.29 is 4.79 Å². The fraction of sp³-hybridized carbons (Fsp3) is 0.235. The Bertz CT molecular complexity index is 760. The lowest BCUT2D eigenvalue weighted by atomic mass is 9.81. The Kier molecular flexibility index (Phi) is 5.20. The summed E-state index contributed by atoms with van der Waals surface area (Å²) < 4.78 is 0. The number of nitrogens with one attached hydrogen (secondary N) is 2. The second-order valence-electron chi connectivity index (χ2n) is 5.17. The monoisotopic (exact) mass is 370 g/mol. The summed E-state index contributed by atoms with van der Waals surface area (Å²) in [6.07, 6.45) is 0. The van der Waals surface area contributed by atoms with Gasteiger partial charge in [-0.1, -0.05) is 28.1 Å². The maximum Gasteiger partial charge on any atom is 0.235 e. The van der Waals surface area contributed by atoms with Crippen LogP contribution in [0.5, 0.6) is 0 Å². The molecule has 6 heteroatoms. The number of allylic oxidation sites excluding steroid dienone is 4. The molecule has 2 rings (SSSR count). The number of nitriles is 2. The normalized spacial score (nSPS) is 14.8. The number of carbonyl (C=O) groups is 1. The second kappa shape index (κ2) is 7.13. The number of anilines is 1. The molecule has 1 aliphatic heterocycles. The Hall–Kier alpha value is -2.57. The zero-order valence-electron chi connectivity index (χ0n) is 12.8. The van der Waals surface area contributed by atoms with Crippen molar-refractivity contribution in [2.24, 2.45) is 0 Å². The number of carbonyl (C=O) groups excluding carboxylic acids is 1. The molecular formula is C17H15BrN4O. The summed E-state index contributed by atoms with van der Waals surface area (Å²) >= 11 is 3.10. The van der Waals surface area contributed by atoms with E-state index in [9.17, 15) is 15.3 Å². The molecule has 0 aliphatic carbocycles. The quantitative estimate of drug-likeness (QED) is 0.798. The van der Waals surface area contributed by atoms with Crippen LogP contribution in [0.15, 0.2) is 46.8 Å². The fourth-order valence-corrected chi connectivity index (χ4v) is 2.75. The first-order chi connectivity index (χ1) is 11.0. The van der Waals surface area contributed by atoms with E-state index in [-0.39, 0.29) is 11.2 Å². The minimum atomic E-state index is -0.424. The van der Waals surface area contributed by atoms with Gasteiger partial charge in [0.15, 0.2) is 0 Å². The summed E-state index contributed by atoms with van der Waals surface area (Å²) in [5.41, 5.74) is 3.93. The molecule has 0 saturated carbocycles. The van der Waals surface area contributed by atoms with Gasteiger partial charge < -0.3 is 10.6 Å². The topological polar surface area (TPSA) is 88.7 Å². The molecular weight excluding hydrogens is 356 g/mol. The highest BCUT2D eigenvalue weighted by molar-refractivity contribution is 9.09. The van der Waals surface area contributed by atoms with Gasteiger partial charge in [-0.05, 0) is 31.5 Å². The molecule has 0 radical (unpaired) electrons. The molecule has 0 fully saturated rings. The maximum atomic E-state index is 11.5. The van der Waals surface area contributed by atoms with Crippen LogP contribution in [0.2, 0.25) is 0 Å². The van der Waals surface area contributed by atoms with E-state index in [1.54, 1.807) is 18.2 Å². The van der Waals surface area contributed by atoms with Gasteiger partial charge in [0, 0.05) is 17.1 Å². The molecule has 0 atom stereocenters. The highest BCUT2D eigenvalue weighted by Crippen LogP contribution is 2.37. The van der Waals surface area contributed by atoms with Crippen LogP contribution in [0, 0.1) is 22.7 Å². The Labute approximate surface area is 143 Å². The number of nitrogens with zero attached hydrogens (tertiary/aromatic N) is 2. The van der Waals surface area contributed by atoms with E-state index in [0.29, 0.717) is 16.8 Å². The Morgan fingerprint density at radius 1 is 1.26 bits per heavy atom. The van der Waals surface area contributed by atoms with Crippen LogP contribution in [-0.4, -0.2) is 11.2 Å². The number of alkyl halides is 1. The number of hydrogen-bond donors (Lipinski definition) is 2. The van der Waals surface area contributed by atoms with Crippen LogP contribution in [-0.2, 0) is 4.79 Å². The number of hydrogen-bond acceptors (Lipinski definition) is 4. The molecule has 1 aliphatic rings. The first-order valence-electron chi connectivity index (χ1n) is 6.96. The van der Waals surface area contributed by atoms with Gasteiger partial charge in [0.25, 0.3) is 0 Å². The van der Waals surface area contributed by atoms with E-state index in [1.165, 1.54) is 0 Å². The minimum absolute atomic E-state index is 0.160. The first-order valence-corrected chi connectivity index (χ1v) is 8.08. The number of amides is 1. The van der Waals surface area contributed by atoms with Crippen molar-refractivity contribution in [3.05, 3.63) is 52.4 Å². The van der Waals surface area contributed by atoms with Crippen LogP contribution in [0.1, 0.15) is 25.3 Å². The molecule has 1 aromatic carbocycles. The van der Waals surface area contributed by atoms with Gasteiger partial charge in [0.1, 0.15) is 0 Å². The molecule has 1 aromatic rings. The van der Waals surface area contributed by atoms with E-state index in [4.69, 9.17) is 0 Å². The van der Waals surface area contributed by atoms with Gasteiger partial charge in [-0.15, -0.1) is 0 Å². The van der Waals surface area contributed by atoms with Crippen molar-refractivity contribution in [1.29, 1.82) is 10.5 Å². The standard InChI is InChI=1S/C17H15BrN4O/c1-10-14(8-19)17(15(9-20)11(2)21-10)12-4-3-5-13(6-12)22-16(23)7-18/h3-6,17,21H,7H2,1-2H3,(H,22,23). The summed E-state index contributed by atoms with van der Waals surface area (Å²) in [6.45, 7) is 3.64. The van der Waals surface area contributed by atoms with Crippen LogP contribution < -0.4 is 10.6 Å². The van der Waals surface area contributed by atoms with E-state index < -0.39 is 5.92 Å². The van der Waals surface area contributed by atoms with Gasteiger partial charge in [-0.3, -0.25) is 4.79 Å². The average Bonchev–Trinajstić information content (AvgIpc) is 2.54. The number of rotatable bonds is 3. The van der Waals surface area contributed by atoms with Crippen molar-refractivity contribution in [3.8, 4) is 12.1 Å². The summed E-state index contributed by atoms with van der Waals surface area (Å²) in [4.78, 5) is 11.5. The Morgan fingerprint density at radius 2 is 1.87 bits per heavy atom. The molecule has 0 bridgehead atoms. The predicted octanol–water partition coefficient (Wildman–Crippen LogP) is 3.30. The van der Waals surface area contributed by atoms with E-state index >= 15 is 0 Å². The zero-order valence-corrected chi connectivity index (χ0v) is 14.4. The van der Waals surface area contributed by atoms with Crippen molar-refractivity contribution in [3.63, 3.8) is 0 Å². The predicted molar refractivity (Wildman–Crippen MR) is 91.4 cm³/mol. The summed E-state index contributed by atoms with van der Waals surface area (Å²) in [5.74, 6) is -0.584. The maximum absolute atomic E-state index is 11.5. The number of halogens is 1. The molecule has 1 amide bonds. The zero-order chi connectivity index (χ0) is 17.0. The van der Waals surface area contributed by atoms with Gasteiger partial charge in [0.2, 0.25) is 5.91 Å². The molecule has 116 valence electrons. The molecule has 5 nitrogen and oxygen atoms in total. The number of dihydropyridines is 1. The SMILES string of the molecule is CC1=C(C#N)C(c2cccc(NC(=O)CBr)c2)C(C#N)=C(C)N1. The van der Waals surface area contributed by atoms with Crippen molar-refractivity contribution >= 4 is 27.5 Å². The molecule has 1 heterocycles. The first kappa shape index (κ1) is 16.8. The van der Waals surface area contributed by atoms with Gasteiger partial charge >= 0.3 is 0 Å². The lowest BCUT2D eigenvalue weighted by molar-refractivity contribution is -0.113. The fourth-order valence-electron chi connectivity index (χ4n) is 2.61. The Balaban J connectivity index is 2.51. The minimum Gasteiger partial charge on any atom is -0.361 e. The molecule has 23 heavy (non-hydrogen) atoms. The van der Waals surface area contributed by atoms with E-state index in [1.807, 2.05) is 19.9 Å². The summed E-state index contributed by atoms with van der Waals surface area (Å²) in [5, 5.41) is 25.0. The number of benzene rings is 1. The third-order valence-electron chi connectivity index (χ3n) is 3.63. The summed E-state index contributed by atoms with van der Waals surface area (Å²) in [7, 11) is 0. The smallest absolute Gasteiger partial charge is 0.235 e. The highest BCUT2D eigenvalue weighted by atomic mass is 79.9. The van der Waals surface area contributed by atoms with Crippen LogP contribution >= 0.6 is 15.9 Å². The van der Waals surface area contributed by atoms with Crippen molar-refractivity contribution in [1.82, 2.24) is 5.32 Å². The van der Waals surface area contributed by atoms with Crippen LogP contribution in [0.3, 0.4) is 0 Å². The molecule has 0 spiro atoms. The van der Waals surface area contributed by atoms with E-state index in [2.05, 4.69) is 38.7 Å². The van der Waals surface area contributed by atoms with Crippen LogP contribution in [0.25, 0.3) is 0 Å². The van der Waals surface area contributed by atoms with Crippen molar-refractivity contribution in [2.45, 2.75) is 19.8 Å². The molecule has 0 aromatic heterocycles. The van der Waals surface area contributed by atoms with Crippen LogP contribution in [0.4, 0.5) is 5.69 Å². The summed E-state index contributed by atoms with van der Waals surface area (Å²) in [6, 6.07) is 11.6. The van der Waals surface area contributed by atoms with Gasteiger partial charge in [0.05, 0.1) is 34.5 Å². The highest BCUT2D eigenvalue weighted by Gasteiger charge is 2.29.